The van der Waals surface area contributed by atoms with Crippen LogP contribution in [0.3, 0.4) is 0 Å². The van der Waals surface area contributed by atoms with Crippen LogP contribution in [0.15, 0.2) is 0 Å². The topological polar surface area (TPSA) is 26.3 Å². The molecule has 0 aromatic rings. The van der Waals surface area contributed by atoms with Crippen LogP contribution in [0.25, 0.3) is 0 Å². The molecule has 0 heterocycles. The van der Waals surface area contributed by atoms with E-state index in [0.717, 1.165) is 17.8 Å². The van der Waals surface area contributed by atoms with E-state index in [1.165, 1.54) is 45.4 Å². The second-order valence-corrected chi connectivity index (χ2v) is 7.47. The zero-order valence-electron chi connectivity index (χ0n) is 19.0. The van der Waals surface area contributed by atoms with Gasteiger partial charge in [0.2, 0.25) is 0 Å². The molecule has 24 heavy (non-hydrogen) atoms. The molecule has 0 aliphatic heterocycles. The first-order valence-electron chi connectivity index (χ1n) is 10.2. The highest BCUT2D eigenvalue weighted by Gasteiger charge is 1.86. The van der Waals surface area contributed by atoms with Crippen LogP contribution in [0.2, 0.25) is 0 Å². The van der Waals surface area contributed by atoms with Gasteiger partial charge in [-0.2, -0.15) is 0 Å². The van der Waals surface area contributed by atoms with E-state index in [1.54, 1.807) is 6.92 Å². The van der Waals surface area contributed by atoms with Gasteiger partial charge in [-0.05, 0) is 24.7 Å². The summed E-state index contributed by atoms with van der Waals surface area (Å²) in [7, 11) is 0. The smallest absolute Gasteiger partial charge is 0.302 e. The van der Waals surface area contributed by atoms with Crippen molar-refractivity contribution < 1.29 is 9.53 Å². The summed E-state index contributed by atoms with van der Waals surface area (Å²) in [5, 5.41) is 0. The number of carbonyl (C=O) groups is 1. The van der Waals surface area contributed by atoms with Gasteiger partial charge in [0.25, 0.3) is 0 Å². The summed E-state index contributed by atoms with van der Waals surface area (Å²) in [5.74, 6) is 2.48. The Kier molecular flexibility index (Phi) is 35.6. The summed E-state index contributed by atoms with van der Waals surface area (Å²) >= 11 is 0. The third-order valence-corrected chi connectivity index (χ3v) is 2.95. The number of hydrogen-bond donors (Lipinski definition) is 0. The molecule has 0 N–H and O–H groups in total. The largest absolute Gasteiger partial charge is 0.466 e. The Labute approximate surface area is 155 Å². The Morgan fingerprint density at radius 1 is 0.667 bits per heavy atom. The van der Waals surface area contributed by atoms with E-state index in [9.17, 15) is 4.79 Å². The van der Waals surface area contributed by atoms with Crippen molar-refractivity contribution in [2.45, 2.75) is 115 Å². The summed E-state index contributed by atoms with van der Waals surface area (Å²) in [6.07, 6.45) is 8.12. The quantitative estimate of drug-likeness (QED) is 0.438. The van der Waals surface area contributed by atoms with E-state index in [-0.39, 0.29) is 5.97 Å². The molecule has 150 valence electrons. The average molecular weight is 347 g/mol. The monoisotopic (exact) mass is 346 g/mol. The SMILES string of the molecule is CCCC(C)C.CCCC(C)C.CCCC(C)C.CCOC(C)=O. The van der Waals surface area contributed by atoms with Gasteiger partial charge in [-0.3, -0.25) is 4.79 Å². The molecule has 2 heteroatoms. The average Bonchev–Trinajstić information content (AvgIpc) is 2.39. The molecule has 0 atom stereocenters. The summed E-state index contributed by atoms with van der Waals surface area (Å²) in [4.78, 5) is 9.82. The van der Waals surface area contributed by atoms with E-state index in [4.69, 9.17) is 0 Å². The minimum absolute atomic E-state index is 0.211. The molecule has 0 radical (unpaired) electrons. The molecule has 0 aliphatic carbocycles. The Hall–Kier alpha value is -0.530. The summed E-state index contributed by atoms with van der Waals surface area (Å²) in [6, 6.07) is 0. The van der Waals surface area contributed by atoms with Gasteiger partial charge in [0.1, 0.15) is 0 Å². The standard InChI is InChI=1S/3C6H14.C4H8O2/c3*1-4-5-6(2)3;1-3-6-4(2)5/h3*6H,4-5H2,1-3H3;3H2,1-2H3. The Morgan fingerprint density at radius 2 is 0.917 bits per heavy atom. The van der Waals surface area contributed by atoms with Crippen molar-refractivity contribution in [2.75, 3.05) is 6.61 Å². The molecule has 0 aliphatic rings. The van der Waals surface area contributed by atoms with Gasteiger partial charge in [0.05, 0.1) is 6.61 Å². The molecule has 0 aromatic carbocycles. The van der Waals surface area contributed by atoms with Crippen molar-refractivity contribution in [1.82, 2.24) is 0 Å². The second-order valence-electron chi connectivity index (χ2n) is 7.47. The fourth-order valence-corrected chi connectivity index (χ4v) is 1.94. The first kappa shape index (κ1) is 31.3. The molecule has 0 rings (SSSR count). The van der Waals surface area contributed by atoms with E-state index in [2.05, 4.69) is 67.1 Å². The van der Waals surface area contributed by atoms with Crippen molar-refractivity contribution in [3.8, 4) is 0 Å². The summed E-state index contributed by atoms with van der Waals surface area (Å²) < 4.78 is 4.40. The molecular weight excluding hydrogens is 296 g/mol. The molecule has 0 amide bonds. The third-order valence-electron chi connectivity index (χ3n) is 2.95. The first-order valence-corrected chi connectivity index (χ1v) is 10.2. The van der Waals surface area contributed by atoms with Crippen LogP contribution in [-0.4, -0.2) is 12.6 Å². The zero-order valence-corrected chi connectivity index (χ0v) is 19.0. The van der Waals surface area contributed by atoms with Crippen molar-refractivity contribution in [3.63, 3.8) is 0 Å². The van der Waals surface area contributed by atoms with Crippen molar-refractivity contribution >= 4 is 5.97 Å². The van der Waals surface area contributed by atoms with Gasteiger partial charge in [0, 0.05) is 6.92 Å². The Balaban J connectivity index is -0.000000111. The number of esters is 1. The second kappa shape index (κ2) is 27.3. The molecular formula is C22H50O2. The highest BCUT2D eigenvalue weighted by atomic mass is 16.5. The van der Waals surface area contributed by atoms with Crippen LogP contribution < -0.4 is 0 Å². The lowest BCUT2D eigenvalue weighted by Crippen LogP contribution is -1.95. The normalized spacial score (nSPS) is 9.42. The Morgan fingerprint density at radius 3 is 0.917 bits per heavy atom. The molecule has 2 nitrogen and oxygen atoms in total. The van der Waals surface area contributed by atoms with Crippen molar-refractivity contribution in [1.29, 1.82) is 0 Å². The molecule has 0 spiro atoms. The van der Waals surface area contributed by atoms with Crippen LogP contribution in [-0.2, 0) is 9.53 Å². The Bertz CT molecular complexity index is 184. The van der Waals surface area contributed by atoms with Crippen molar-refractivity contribution in [2.24, 2.45) is 17.8 Å². The highest BCUT2D eigenvalue weighted by Crippen LogP contribution is 2.01. The molecule has 0 unspecified atom stereocenters. The third kappa shape index (κ3) is 68.4. The van der Waals surface area contributed by atoms with Crippen molar-refractivity contribution in [3.05, 3.63) is 0 Å². The maximum absolute atomic E-state index is 9.82. The fraction of sp³-hybridized carbons (Fsp3) is 0.955. The van der Waals surface area contributed by atoms with Gasteiger partial charge in [-0.25, -0.2) is 0 Å². The van der Waals surface area contributed by atoms with Crippen LogP contribution in [0, 0.1) is 17.8 Å². The van der Waals surface area contributed by atoms with Gasteiger partial charge in [0.15, 0.2) is 0 Å². The molecule has 0 fully saturated rings. The van der Waals surface area contributed by atoms with E-state index >= 15 is 0 Å². The fourth-order valence-electron chi connectivity index (χ4n) is 1.94. The maximum Gasteiger partial charge on any atom is 0.302 e. The van der Waals surface area contributed by atoms with Gasteiger partial charge in [-0.15, -0.1) is 0 Å². The van der Waals surface area contributed by atoms with E-state index < -0.39 is 0 Å². The van der Waals surface area contributed by atoms with E-state index in [0.29, 0.717) is 6.61 Å². The van der Waals surface area contributed by atoms with Crippen LogP contribution in [0.4, 0.5) is 0 Å². The lowest BCUT2D eigenvalue weighted by molar-refractivity contribution is -0.140. The highest BCUT2D eigenvalue weighted by molar-refractivity contribution is 5.65. The minimum atomic E-state index is -0.211. The molecule has 0 bridgehead atoms. The van der Waals surface area contributed by atoms with Gasteiger partial charge < -0.3 is 4.74 Å². The zero-order chi connectivity index (χ0) is 20.0. The number of rotatable bonds is 7. The summed E-state index contributed by atoms with van der Waals surface area (Å²) in [6.45, 7) is 23.8. The maximum atomic E-state index is 9.82. The molecule has 0 saturated heterocycles. The van der Waals surface area contributed by atoms with Gasteiger partial charge >= 0.3 is 5.97 Å². The predicted molar refractivity (Wildman–Crippen MR) is 112 cm³/mol. The van der Waals surface area contributed by atoms with Gasteiger partial charge in [-0.1, -0.05) is 101 Å². The van der Waals surface area contributed by atoms with E-state index in [1.807, 2.05) is 0 Å². The predicted octanol–water partition coefficient (Wildman–Crippen LogP) is 7.90. The molecule has 0 aromatic heterocycles. The lowest BCUT2D eigenvalue weighted by atomic mass is 10.1. The number of hydrogen-bond acceptors (Lipinski definition) is 2. The number of ether oxygens (including phenoxy) is 1. The minimum Gasteiger partial charge on any atom is -0.466 e. The first-order chi connectivity index (χ1) is 11.1. The summed E-state index contributed by atoms with van der Waals surface area (Å²) in [5.41, 5.74) is 0. The number of carbonyl (C=O) groups excluding carboxylic acids is 1. The van der Waals surface area contributed by atoms with Crippen LogP contribution in [0.5, 0.6) is 0 Å². The van der Waals surface area contributed by atoms with Crippen LogP contribution in [0.1, 0.15) is 115 Å². The molecule has 0 saturated carbocycles. The van der Waals surface area contributed by atoms with Crippen LogP contribution >= 0.6 is 0 Å². The lowest BCUT2D eigenvalue weighted by Gasteiger charge is -1.95.